The standard InChI is InChI=1S/C27H34N6O/c1-32(2)14-8-5-9-22-17-24-23(18-25(22)34-3)27(29-19-21-10-12-28-13-11-21)31-26(30-24)20-33-15-6-4-7-16-33/h10-13,17-18H,4,6-8,14-16,19-20H2,1-3H3,(H,29,30,31). The average molecular weight is 459 g/mol. The average Bonchev–Trinajstić information content (AvgIpc) is 2.86. The monoisotopic (exact) mass is 458 g/mol. The van der Waals surface area contributed by atoms with Crippen molar-refractivity contribution in [3.8, 4) is 17.6 Å². The molecule has 3 heterocycles. The molecule has 1 fully saturated rings. The number of piperidine rings is 1. The van der Waals surface area contributed by atoms with E-state index in [0.29, 0.717) is 6.54 Å². The van der Waals surface area contributed by atoms with Gasteiger partial charge < -0.3 is 15.0 Å². The third-order valence-corrected chi connectivity index (χ3v) is 5.99. The van der Waals surface area contributed by atoms with Crippen LogP contribution in [0.4, 0.5) is 5.82 Å². The van der Waals surface area contributed by atoms with Crippen LogP contribution in [0.25, 0.3) is 10.9 Å². The van der Waals surface area contributed by atoms with Gasteiger partial charge in [-0.1, -0.05) is 18.3 Å². The SMILES string of the molecule is COc1cc2c(NCc3ccncc3)nc(CN3CCCCC3)nc2cc1C#CCCN(C)C. The van der Waals surface area contributed by atoms with Crippen molar-refractivity contribution in [2.24, 2.45) is 0 Å². The second-order valence-electron chi connectivity index (χ2n) is 8.96. The van der Waals surface area contributed by atoms with E-state index in [4.69, 9.17) is 14.7 Å². The van der Waals surface area contributed by atoms with Gasteiger partial charge in [0.2, 0.25) is 0 Å². The maximum Gasteiger partial charge on any atom is 0.145 e. The van der Waals surface area contributed by atoms with Crippen LogP contribution in [0.15, 0.2) is 36.7 Å². The quantitative estimate of drug-likeness (QED) is 0.513. The first-order valence-corrected chi connectivity index (χ1v) is 12.0. The van der Waals surface area contributed by atoms with Crippen molar-refractivity contribution in [2.45, 2.75) is 38.8 Å². The number of hydrogen-bond donors (Lipinski definition) is 1. The predicted octanol–water partition coefficient (Wildman–Crippen LogP) is 3.93. The van der Waals surface area contributed by atoms with Crippen LogP contribution in [0, 0.1) is 11.8 Å². The van der Waals surface area contributed by atoms with E-state index in [1.807, 2.05) is 24.3 Å². The van der Waals surface area contributed by atoms with Gasteiger partial charge in [-0.2, -0.15) is 0 Å². The lowest BCUT2D eigenvalue weighted by Crippen LogP contribution is -2.30. The predicted molar refractivity (Wildman–Crippen MR) is 137 cm³/mol. The van der Waals surface area contributed by atoms with Gasteiger partial charge in [-0.25, -0.2) is 9.97 Å². The van der Waals surface area contributed by atoms with E-state index in [9.17, 15) is 0 Å². The topological polar surface area (TPSA) is 66.4 Å². The van der Waals surface area contributed by atoms with Gasteiger partial charge >= 0.3 is 0 Å². The van der Waals surface area contributed by atoms with E-state index >= 15 is 0 Å². The number of aromatic nitrogens is 3. The molecule has 34 heavy (non-hydrogen) atoms. The van der Waals surface area contributed by atoms with Crippen LogP contribution in [0.5, 0.6) is 5.75 Å². The summed E-state index contributed by atoms with van der Waals surface area (Å²) in [6, 6.07) is 8.06. The van der Waals surface area contributed by atoms with E-state index < -0.39 is 0 Å². The van der Waals surface area contributed by atoms with E-state index in [0.717, 1.165) is 72.0 Å². The highest BCUT2D eigenvalue weighted by atomic mass is 16.5. The van der Waals surface area contributed by atoms with Gasteiger partial charge in [0.05, 0.1) is 24.7 Å². The number of fused-ring (bicyclic) bond motifs is 1. The number of benzene rings is 1. The second-order valence-corrected chi connectivity index (χ2v) is 8.96. The van der Waals surface area contributed by atoms with E-state index in [2.05, 4.69) is 46.0 Å². The Balaban J connectivity index is 1.68. The Labute approximate surface area is 202 Å². The number of pyridine rings is 1. The largest absolute Gasteiger partial charge is 0.495 e. The van der Waals surface area contributed by atoms with Crippen molar-refractivity contribution in [1.82, 2.24) is 24.8 Å². The van der Waals surface area contributed by atoms with Crippen molar-refractivity contribution < 1.29 is 4.74 Å². The molecule has 1 saturated heterocycles. The lowest BCUT2D eigenvalue weighted by atomic mass is 10.1. The Bertz CT molecular complexity index is 1150. The summed E-state index contributed by atoms with van der Waals surface area (Å²) in [5.41, 5.74) is 2.89. The zero-order valence-corrected chi connectivity index (χ0v) is 20.5. The number of methoxy groups -OCH3 is 1. The zero-order chi connectivity index (χ0) is 23.8. The minimum atomic E-state index is 0.659. The van der Waals surface area contributed by atoms with Crippen LogP contribution < -0.4 is 10.1 Å². The molecule has 178 valence electrons. The van der Waals surface area contributed by atoms with Gasteiger partial charge in [0, 0.05) is 37.3 Å². The Morgan fingerprint density at radius 1 is 1.09 bits per heavy atom. The summed E-state index contributed by atoms with van der Waals surface area (Å²) in [5, 5.41) is 4.46. The number of nitrogens with one attached hydrogen (secondary N) is 1. The molecule has 0 amide bonds. The molecule has 2 aromatic heterocycles. The van der Waals surface area contributed by atoms with Crippen molar-refractivity contribution in [3.05, 3.63) is 53.6 Å². The highest BCUT2D eigenvalue weighted by Crippen LogP contribution is 2.29. The number of rotatable bonds is 8. The summed E-state index contributed by atoms with van der Waals surface area (Å²) in [6.45, 7) is 4.55. The van der Waals surface area contributed by atoms with Gasteiger partial charge in [0.1, 0.15) is 17.4 Å². The Morgan fingerprint density at radius 3 is 2.62 bits per heavy atom. The first kappa shape index (κ1) is 23.9. The number of hydrogen-bond acceptors (Lipinski definition) is 7. The summed E-state index contributed by atoms with van der Waals surface area (Å²) >= 11 is 0. The summed E-state index contributed by atoms with van der Waals surface area (Å²) < 4.78 is 5.69. The van der Waals surface area contributed by atoms with E-state index in [1.54, 1.807) is 19.5 Å². The fourth-order valence-electron chi connectivity index (χ4n) is 4.12. The van der Waals surface area contributed by atoms with E-state index in [-0.39, 0.29) is 0 Å². The summed E-state index contributed by atoms with van der Waals surface area (Å²) in [4.78, 5) is 18.6. The van der Waals surface area contributed by atoms with Crippen molar-refractivity contribution in [3.63, 3.8) is 0 Å². The highest BCUT2D eigenvalue weighted by Gasteiger charge is 2.16. The number of likely N-dealkylation sites (tertiary alicyclic amines) is 1. The first-order valence-electron chi connectivity index (χ1n) is 12.0. The van der Waals surface area contributed by atoms with Crippen molar-refractivity contribution in [2.75, 3.05) is 46.2 Å². The lowest BCUT2D eigenvalue weighted by molar-refractivity contribution is 0.216. The van der Waals surface area contributed by atoms with Crippen molar-refractivity contribution >= 4 is 16.7 Å². The van der Waals surface area contributed by atoms with Crippen LogP contribution in [-0.4, -0.2) is 65.6 Å². The minimum absolute atomic E-state index is 0.659. The molecule has 1 aliphatic heterocycles. The van der Waals surface area contributed by atoms with Crippen LogP contribution in [0.2, 0.25) is 0 Å². The van der Waals surface area contributed by atoms with Crippen molar-refractivity contribution in [1.29, 1.82) is 0 Å². The molecule has 3 aromatic rings. The molecule has 0 saturated carbocycles. The molecular formula is C27H34N6O. The Morgan fingerprint density at radius 2 is 1.88 bits per heavy atom. The van der Waals surface area contributed by atoms with Crippen LogP contribution >= 0.6 is 0 Å². The minimum Gasteiger partial charge on any atom is -0.495 e. The smallest absolute Gasteiger partial charge is 0.145 e. The molecule has 0 bridgehead atoms. The molecule has 0 aliphatic carbocycles. The van der Waals surface area contributed by atoms with Crippen LogP contribution in [-0.2, 0) is 13.1 Å². The van der Waals surface area contributed by atoms with Crippen LogP contribution in [0.3, 0.4) is 0 Å². The number of ether oxygens (including phenoxy) is 1. The Kier molecular flexibility index (Phi) is 8.29. The second kappa shape index (κ2) is 11.8. The van der Waals surface area contributed by atoms with Gasteiger partial charge in [-0.3, -0.25) is 9.88 Å². The maximum absolute atomic E-state index is 5.69. The molecular weight excluding hydrogens is 424 g/mol. The normalized spacial score (nSPS) is 14.1. The van der Waals surface area contributed by atoms with Gasteiger partial charge in [-0.05, 0) is 69.9 Å². The maximum atomic E-state index is 5.69. The first-order chi connectivity index (χ1) is 16.6. The summed E-state index contributed by atoms with van der Waals surface area (Å²) in [5.74, 6) is 8.95. The van der Waals surface area contributed by atoms with E-state index in [1.165, 1.54) is 19.3 Å². The fourth-order valence-corrected chi connectivity index (χ4v) is 4.12. The molecule has 0 unspecified atom stereocenters. The highest BCUT2D eigenvalue weighted by molar-refractivity contribution is 5.91. The zero-order valence-electron chi connectivity index (χ0n) is 20.5. The molecule has 1 aromatic carbocycles. The number of anilines is 1. The molecule has 7 heteroatoms. The number of nitrogens with zero attached hydrogens (tertiary/aromatic N) is 5. The molecule has 4 rings (SSSR count). The molecule has 0 radical (unpaired) electrons. The fraction of sp³-hybridized carbons (Fsp3) is 0.444. The molecule has 7 nitrogen and oxygen atoms in total. The van der Waals surface area contributed by atoms with Gasteiger partial charge in [-0.15, -0.1) is 0 Å². The van der Waals surface area contributed by atoms with Crippen LogP contribution in [0.1, 0.15) is 42.6 Å². The summed E-state index contributed by atoms with van der Waals surface area (Å²) in [6.07, 6.45) is 8.21. The molecule has 0 spiro atoms. The van der Waals surface area contributed by atoms with Gasteiger partial charge in [0.25, 0.3) is 0 Å². The molecule has 1 N–H and O–H groups in total. The van der Waals surface area contributed by atoms with Gasteiger partial charge in [0.15, 0.2) is 0 Å². The summed E-state index contributed by atoms with van der Waals surface area (Å²) in [7, 11) is 5.79. The third kappa shape index (κ3) is 6.43. The lowest BCUT2D eigenvalue weighted by Gasteiger charge is -2.25. The molecule has 0 atom stereocenters. The molecule has 1 aliphatic rings. The Hall–Kier alpha value is -3.21. The third-order valence-electron chi connectivity index (χ3n) is 5.99.